The zero-order chi connectivity index (χ0) is 18.8. The van der Waals surface area contributed by atoms with E-state index in [1.54, 1.807) is 17.0 Å². The third kappa shape index (κ3) is 3.57. The molecule has 0 N–H and O–H groups in total. The smallest absolute Gasteiger partial charge is 0.351 e. The van der Waals surface area contributed by atoms with Crippen LogP contribution < -0.4 is 0 Å². The van der Waals surface area contributed by atoms with Crippen LogP contribution in [0.3, 0.4) is 0 Å². The molecule has 1 aromatic heterocycles. The molecule has 0 radical (unpaired) electrons. The minimum atomic E-state index is -0.960. The maximum Gasteiger partial charge on any atom is 0.351 e. The van der Waals surface area contributed by atoms with E-state index in [1.807, 2.05) is 42.5 Å². The maximum absolute atomic E-state index is 13.0. The van der Waals surface area contributed by atoms with Crippen LogP contribution in [0.2, 0.25) is 5.02 Å². The van der Waals surface area contributed by atoms with Crippen molar-refractivity contribution in [2.45, 2.75) is 18.9 Å². The molecule has 0 unspecified atom stereocenters. The van der Waals surface area contributed by atoms with E-state index in [-0.39, 0.29) is 5.91 Å². The number of hydrogen-bond donors (Lipinski definition) is 0. The second kappa shape index (κ2) is 7.71. The Morgan fingerprint density at radius 1 is 1.00 bits per heavy atom. The molecule has 4 rings (SSSR count). The largest absolute Gasteiger partial charge is 0.443 e. The molecular formula is C21H18ClNO3S. The van der Waals surface area contributed by atoms with Gasteiger partial charge in [-0.2, -0.15) is 0 Å². The monoisotopic (exact) mass is 399 g/mol. The van der Waals surface area contributed by atoms with E-state index < -0.39 is 12.1 Å². The Balaban J connectivity index is 1.65. The number of rotatable bonds is 4. The number of hydrogen-bond acceptors (Lipinski definition) is 4. The van der Waals surface area contributed by atoms with Crippen LogP contribution in [0.15, 0.2) is 54.6 Å². The van der Waals surface area contributed by atoms with Gasteiger partial charge in [-0.3, -0.25) is 4.79 Å². The average Bonchev–Trinajstić information content (AvgIpc) is 3.35. The van der Waals surface area contributed by atoms with Gasteiger partial charge in [0.05, 0.1) is 5.02 Å². The van der Waals surface area contributed by atoms with E-state index in [0.29, 0.717) is 28.6 Å². The molecular weight excluding hydrogens is 382 g/mol. The molecule has 1 fully saturated rings. The van der Waals surface area contributed by atoms with E-state index in [1.165, 1.54) is 11.3 Å². The van der Waals surface area contributed by atoms with E-state index in [2.05, 4.69) is 0 Å². The number of carbonyl (C=O) groups is 2. The van der Waals surface area contributed by atoms with Crippen molar-refractivity contribution in [1.29, 1.82) is 0 Å². The van der Waals surface area contributed by atoms with Crippen LogP contribution >= 0.6 is 22.9 Å². The van der Waals surface area contributed by atoms with Gasteiger partial charge in [-0.25, -0.2) is 4.79 Å². The third-order valence-corrected chi connectivity index (χ3v) is 6.34. The zero-order valence-electron chi connectivity index (χ0n) is 14.6. The van der Waals surface area contributed by atoms with Crippen molar-refractivity contribution in [3.05, 3.63) is 70.1 Å². The molecule has 1 aliphatic heterocycles. The fraction of sp³-hybridized carbons (Fsp3) is 0.238. The standard InChI is InChI=1S/C21H18ClNO3S/c22-17-15-10-4-5-11-16(15)27-19(17)21(25)26-18(14-8-2-1-3-9-14)20(24)23-12-6-7-13-23/h1-5,8-11,18H,6-7,12-13H2/t18-/m0/s1. The average molecular weight is 400 g/mol. The van der Waals surface area contributed by atoms with E-state index in [0.717, 1.165) is 22.9 Å². The van der Waals surface area contributed by atoms with Crippen molar-refractivity contribution >= 4 is 44.9 Å². The maximum atomic E-state index is 13.0. The Morgan fingerprint density at radius 3 is 2.37 bits per heavy atom. The van der Waals surface area contributed by atoms with E-state index in [9.17, 15) is 9.59 Å². The molecule has 27 heavy (non-hydrogen) atoms. The summed E-state index contributed by atoms with van der Waals surface area (Å²) in [6, 6.07) is 16.7. The molecule has 6 heteroatoms. The number of thiophene rings is 1. The lowest BCUT2D eigenvalue weighted by molar-refractivity contribution is -0.140. The summed E-state index contributed by atoms with van der Waals surface area (Å²) >= 11 is 7.68. The van der Waals surface area contributed by atoms with Crippen LogP contribution in [-0.2, 0) is 9.53 Å². The number of ether oxygens (including phenoxy) is 1. The summed E-state index contributed by atoms with van der Waals surface area (Å²) in [6.07, 6.45) is 0.991. The number of carbonyl (C=O) groups excluding carboxylic acids is 2. The molecule has 0 aliphatic carbocycles. The van der Waals surface area contributed by atoms with Gasteiger partial charge in [0.15, 0.2) is 0 Å². The zero-order valence-corrected chi connectivity index (χ0v) is 16.1. The molecule has 1 saturated heterocycles. The Kier molecular flexibility index (Phi) is 5.14. The first kappa shape index (κ1) is 18.0. The first-order valence-corrected chi connectivity index (χ1v) is 10.1. The molecule has 138 valence electrons. The summed E-state index contributed by atoms with van der Waals surface area (Å²) in [4.78, 5) is 27.9. The summed E-state index contributed by atoms with van der Waals surface area (Å²) in [6.45, 7) is 1.40. The van der Waals surface area contributed by atoms with Gasteiger partial charge in [-0.05, 0) is 18.9 Å². The first-order chi connectivity index (χ1) is 13.1. The lowest BCUT2D eigenvalue weighted by Crippen LogP contribution is -2.34. The van der Waals surface area contributed by atoms with Gasteiger partial charge in [0, 0.05) is 28.7 Å². The van der Waals surface area contributed by atoms with Crippen LogP contribution in [0.4, 0.5) is 0 Å². The normalized spacial score (nSPS) is 15.1. The van der Waals surface area contributed by atoms with Crippen molar-refractivity contribution < 1.29 is 14.3 Å². The Morgan fingerprint density at radius 2 is 1.67 bits per heavy atom. The summed E-state index contributed by atoms with van der Waals surface area (Å²) < 4.78 is 6.62. The third-order valence-electron chi connectivity index (χ3n) is 4.69. The molecule has 3 aromatic rings. The van der Waals surface area contributed by atoms with Gasteiger partial charge in [0.2, 0.25) is 6.10 Å². The quantitative estimate of drug-likeness (QED) is 0.575. The van der Waals surface area contributed by atoms with Gasteiger partial charge in [0.1, 0.15) is 4.88 Å². The van der Waals surface area contributed by atoms with Gasteiger partial charge in [0.25, 0.3) is 5.91 Å². The number of amides is 1. The lowest BCUT2D eigenvalue weighted by Gasteiger charge is -2.23. The van der Waals surface area contributed by atoms with Gasteiger partial charge in [-0.1, -0.05) is 60.1 Å². The van der Waals surface area contributed by atoms with Gasteiger partial charge >= 0.3 is 5.97 Å². The summed E-state index contributed by atoms with van der Waals surface area (Å²) in [5.41, 5.74) is 0.667. The van der Waals surface area contributed by atoms with E-state index >= 15 is 0 Å². The fourth-order valence-corrected chi connectivity index (χ4v) is 4.69. The molecule has 4 nitrogen and oxygen atoms in total. The highest BCUT2D eigenvalue weighted by atomic mass is 35.5. The highest BCUT2D eigenvalue weighted by molar-refractivity contribution is 7.21. The van der Waals surface area contributed by atoms with Gasteiger partial charge < -0.3 is 9.64 Å². The summed E-state index contributed by atoms with van der Waals surface area (Å²) in [7, 11) is 0. The molecule has 0 spiro atoms. The van der Waals surface area contributed by atoms with Crippen LogP contribution in [0.25, 0.3) is 10.1 Å². The molecule has 0 bridgehead atoms. The molecule has 1 amide bonds. The molecule has 1 aliphatic rings. The van der Waals surface area contributed by atoms with Crippen LogP contribution in [-0.4, -0.2) is 29.9 Å². The molecule has 2 heterocycles. The number of fused-ring (bicyclic) bond motifs is 1. The number of nitrogens with zero attached hydrogens (tertiary/aromatic N) is 1. The molecule has 1 atom stereocenters. The number of benzene rings is 2. The number of halogens is 1. The molecule has 2 aromatic carbocycles. The van der Waals surface area contributed by atoms with Gasteiger partial charge in [-0.15, -0.1) is 11.3 Å². The topological polar surface area (TPSA) is 46.6 Å². The minimum absolute atomic E-state index is 0.177. The fourth-order valence-electron chi connectivity index (χ4n) is 3.30. The number of esters is 1. The Hall–Kier alpha value is -2.37. The van der Waals surface area contributed by atoms with Crippen molar-refractivity contribution in [1.82, 2.24) is 4.90 Å². The highest BCUT2D eigenvalue weighted by Gasteiger charge is 2.32. The highest BCUT2D eigenvalue weighted by Crippen LogP contribution is 2.36. The summed E-state index contributed by atoms with van der Waals surface area (Å²) in [5.74, 6) is -0.744. The SMILES string of the molecule is O=C(O[C@H](C(=O)N1CCCC1)c1ccccc1)c1sc2ccccc2c1Cl. The van der Waals surface area contributed by atoms with Crippen molar-refractivity contribution in [2.75, 3.05) is 13.1 Å². The number of likely N-dealkylation sites (tertiary alicyclic amines) is 1. The Bertz CT molecular complexity index is 980. The van der Waals surface area contributed by atoms with Crippen molar-refractivity contribution in [2.24, 2.45) is 0 Å². The molecule has 0 saturated carbocycles. The Labute approximate surface area is 166 Å². The predicted molar refractivity (Wildman–Crippen MR) is 107 cm³/mol. The van der Waals surface area contributed by atoms with Crippen LogP contribution in [0, 0.1) is 0 Å². The second-order valence-electron chi connectivity index (χ2n) is 6.47. The van der Waals surface area contributed by atoms with Crippen LogP contribution in [0.5, 0.6) is 0 Å². The van der Waals surface area contributed by atoms with Crippen LogP contribution in [0.1, 0.15) is 34.2 Å². The predicted octanol–water partition coefficient (Wildman–Crippen LogP) is 5.08. The van der Waals surface area contributed by atoms with Crippen molar-refractivity contribution in [3.8, 4) is 0 Å². The lowest BCUT2D eigenvalue weighted by atomic mass is 10.1. The van der Waals surface area contributed by atoms with E-state index in [4.69, 9.17) is 16.3 Å². The first-order valence-electron chi connectivity index (χ1n) is 8.87. The minimum Gasteiger partial charge on any atom is -0.443 e. The second-order valence-corrected chi connectivity index (χ2v) is 7.90. The van der Waals surface area contributed by atoms with Crippen molar-refractivity contribution in [3.63, 3.8) is 0 Å². The summed E-state index contributed by atoms with van der Waals surface area (Å²) in [5, 5.41) is 1.19.